The zero-order chi connectivity index (χ0) is 14.0. The number of carbonyl (C=O) groups is 1. The molecule has 1 amide bonds. The fourth-order valence-electron chi connectivity index (χ4n) is 1.50. The van der Waals surface area contributed by atoms with Gasteiger partial charge in [-0.25, -0.2) is 0 Å². The molecule has 0 fully saturated rings. The molecule has 98 valence electrons. The fraction of sp³-hybridized carbons (Fsp3) is 0.0909. The lowest BCUT2D eigenvalue weighted by atomic mass is 10.2. The van der Waals surface area contributed by atoms with Gasteiger partial charge >= 0.3 is 0 Å². The summed E-state index contributed by atoms with van der Waals surface area (Å²) < 4.78 is 1.69. The maximum atomic E-state index is 12.0. The van der Waals surface area contributed by atoms with Gasteiger partial charge in [-0.15, -0.1) is 0 Å². The van der Waals surface area contributed by atoms with Crippen molar-refractivity contribution >= 4 is 33.3 Å². The predicted molar refractivity (Wildman–Crippen MR) is 72.0 cm³/mol. The third kappa shape index (κ3) is 2.79. The molecule has 1 heterocycles. The van der Waals surface area contributed by atoms with Gasteiger partial charge in [0.25, 0.3) is 11.6 Å². The number of rotatable bonds is 3. The highest BCUT2D eigenvalue weighted by Crippen LogP contribution is 2.28. The normalized spacial score (nSPS) is 10.2. The zero-order valence-electron chi connectivity index (χ0n) is 9.83. The van der Waals surface area contributed by atoms with Crippen LogP contribution in [-0.2, 0) is 7.05 Å². The summed E-state index contributed by atoms with van der Waals surface area (Å²) in [5.74, 6) is -0.0832. The largest absolute Gasteiger partial charge is 0.305 e. The Hall–Kier alpha value is -2.22. The molecule has 0 spiro atoms. The Morgan fingerprint density at radius 2 is 2.21 bits per heavy atom. The van der Waals surface area contributed by atoms with Gasteiger partial charge in [0.2, 0.25) is 0 Å². The van der Waals surface area contributed by atoms with Crippen LogP contribution in [0, 0.1) is 10.1 Å². The van der Waals surface area contributed by atoms with Crippen LogP contribution >= 0.6 is 15.9 Å². The van der Waals surface area contributed by atoms with Crippen LogP contribution in [0.2, 0.25) is 0 Å². The van der Waals surface area contributed by atoms with E-state index < -0.39 is 10.8 Å². The quantitative estimate of drug-likeness (QED) is 0.693. The van der Waals surface area contributed by atoms with Crippen LogP contribution in [0.5, 0.6) is 0 Å². The summed E-state index contributed by atoms with van der Waals surface area (Å²) >= 11 is 3.07. The van der Waals surface area contributed by atoms with Gasteiger partial charge in [0, 0.05) is 25.4 Å². The molecule has 2 aromatic rings. The van der Waals surface area contributed by atoms with Crippen molar-refractivity contribution < 1.29 is 9.72 Å². The average molecular weight is 325 g/mol. The molecule has 1 aromatic carbocycles. The van der Waals surface area contributed by atoms with Crippen molar-refractivity contribution in [1.82, 2.24) is 9.78 Å². The number of halogens is 1. The van der Waals surface area contributed by atoms with Crippen LogP contribution in [-0.4, -0.2) is 20.6 Å². The van der Waals surface area contributed by atoms with Crippen LogP contribution in [0.15, 0.2) is 34.9 Å². The number of anilines is 1. The maximum Gasteiger partial charge on any atom is 0.284 e. The van der Waals surface area contributed by atoms with Gasteiger partial charge in [-0.05, 0) is 22.0 Å². The van der Waals surface area contributed by atoms with Crippen LogP contribution in [0.25, 0.3) is 0 Å². The summed E-state index contributed by atoms with van der Waals surface area (Å²) in [7, 11) is 1.72. The molecule has 0 aliphatic rings. The standard InChI is InChI=1S/C11H9BrN4O3/c1-15-6-5-9(14-15)13-11(17)7-3-2-4-8(10(7)12)16(18)19/h2-6H,1H3,(H,13,14,17). The van der Waals surface area contributed by atoms with Gasteiger partial charge in [0.05, 0.1) is 10.5 Å². The van der Waals surface area contributed by atoms with E-state index in [2.05, 4.69) is 26.3 Å². The molecule has 19 heavy (non-hydrogen) atoms. The van der Waals surface area contributed by atoms with Crippen LogP contribution in [0.1, 0.15) is 10.4 Å². The van der Waals surface area contributed by atoms with Gasteiger partial charge in [0.1, 0.15) is 4.47 Å². The Kier molecular flexibility index (Phi) is 3.61. The Morgan fingerprint density at radius 3 is 2.79 bits per heavy atom. The number of aryl methyl sites for hydroxylation is 1. The number of carbonyl (C=O) groups excluding carboxylic acids is 1. The van der Waals surface area contributed by atoms with Crippen molar-refractivity contribution in [3.05, 3.63) is 50.6 Å². The number of nitro groups is 1. The molecule has 0 saturated carbocycles. The van der Waals surface area contributed by atoms with Crippen LogP contribution in [0.3, 0.4) is 0 Å². The number of amides is 1. The summed E-state index contributed by atoms with van der Waals surface area (Å²) in [6, 6.07) is 5.90. The van der Waals surface area contributed by atoms with Crippen molar-refractivity contribution in [2.45, 2.75) is 0 Å². The average Bonchev–Trinajstić information content (AvgIpc) is 2.74. The topological polar surface area (TPSA) is 90.1 Å². The molecular formula is C11H9BrN4O3. The molecule has 8 heteroatoms. The Morgan fingerprint density at radius 1 is 1.47 bits per heavy atom. The number of aromatic nitrogens is 2. The highest BCUT2D eigenvalue weighted by molar-refractivity contribution is 9.10. The van der Waals surface area contributed by atoms with Crippen LogP contribution < -0.4 is 5.32 Å². The van der Waals surface area contributed by atoms with E-state index in [0.717, 1.165) is 0 Å². The van der Waals surface area contributed by atoms with Crippen molar-refractivity contribution in [2.75, 3.05) is 5.32 Å². The van der Waals surface area contributed by atoms with E-state index in [1.165, 1.54) is 22.9 Å². The van der Waals surface area contributed by atoms with Gasteiger partial charge in [0.15, 0.2) is 5.82 Å². The predicted octanol–water partition coefficient (Wildman–Crippen LogP) is 2.34. The number of nitrogens with zero attached hydrogens (tertiary/aromatic N) is 3. The smallest absolute Gasteiger partial charge is 0.284 e. The van der Waals surface area contributed by atoms with E-state index in [1.807, 2.05) is 0 Å². The van der Waals surface area contributed by atoms with E-state index in [4.69, 9.17) is 0 Å². The molecular weight excluding hydrogens is 316 g/mol. The van der Waals surface area contributed by atoms with E-state index >= 15 is 0 Å². The molecule has 0 aliphatic carbocycles. The summed E-state index contributed by atoms with van der Waals surface area (Å²) in [6.07, 6.45) is 1.68. The van der Waals surface area contributed by atoms with Crippen LogP contribution in [0.4, 0.5) is 11.5 Å². The molecule has 1 aromatic heterocycles. The minimum absolute atomic E-state index is 0.147. The molecule has 0 atom stereocenters. The molecule has 2 rings (SSSR count). The first-order chi connectivity index (χ1) is 8.99. The summed E-state index contributed by atoms with van der Waals surface area (Å²) in [5.41, 5.74) is 0.0218. The summed E-state index contributed by atoms with van der Waals surface area (Å²) in [5, 5.41) is 17.3. The molecule has 0 radical (unpaired) electrons. The van der Waals surface area contributed by atoms with E-state index in [0.29, 0.717) is 5.82 Å². The number of nitrogens with one attached hydrogen (secondary N) is 1. The lowest BCUT2D eigenvalue weighted by Gasteiger charge is -2.04. The summed E-state index contributed by atoms with van der Waals surface area (Å²) in [6.45, 7) is 0. The molecule has 7 nitrogen and oxygen atoms in total. The highest BCUT2D eigenvalue weighted by Gasteiger charge is 2.19. The minimum Gasteiger partial charge on any atom is -0.305 e. The van der Waals surface area contributed by atoms with E-state index in [-0.39, 0.29) is 15.7 Å². The highest BCUT2D eigenvalue weighted by atomic mass is 79.9. The van der Waals surface area contributed by atoms with Gasteiger partial charge in [-0.1, -0.05) is 6.07 Å². The lowest BCUT2D eigenvalue weighted by molar-refractivity contribution is -0.385. The zero-order valence-corrected chi connectivity index (χ0v) is 11.4. The molecule has 0 saturated heterocycles. The second-order valence-corrected chi connectivity index (χ2v) is 4.52. The first-order valence-electron chi connectivity index (χ1n) is 5.23. The Bertz CT molecular complexity index is 653. The number of hydrogen-bond acceptors (Lipinski definition) is 4. The first-order valence-corrected chi connectivity index (χ1v) is 6.02. The van der Waals surface area contributed by atoms with Gasteiger partial charge in [-0.3, -0.25) is 19.6 Å². The van der Waals surface area contributed by atoms with E-state index in [1.54, 1.807) is 19.3 Å². The second kappa shape index (κ2) is 5.19. The van der Waals surface area contributed by atoms with Gasteiger partial charge in [-0.2, -0.15) is 5.10 Å². The summed E-state index contributed by atoms with van der Waals surface area (Å²) in [4.78, 5) is 22.2. The second-order valence-electron chi connectivity index (χ2n) is 3.72. The monoisotopic (exact) mass is 324 g/mol. The minimum atomic E-state index is -0.554. The molecule has 0 bridgehead atoms. The third-order valence-corrected chi connectivity index (χ3v) is 3.21. The molecule has 1 N–H and O–H groups in total. The van der Waals surface area contributed by atoms with Crippen molar-refractivity contribution in [3.63, 3.8) is 0 Å². The van der Waals surface area contributed by atoms with E-state index in [9.17, 15) is 14.9 Å². The molecule has 0 aliphatic heterocycles. The van der Waals surface area contributed by atoms with Crippen molar-refractivity contribution in [1.29, 1.82) is 0 Å². The number of benzene rings is 1. The molecule has 0 unspecified atom stereocenters. The first kappa shape index (κ1) is 13.2. The Balaban J connectivity index is 2.29. The van der Waals surface area contributed by atoms with Crippen molar-refractivity contribution in [3.8, 4) is 0 Å². The SMILES string of the molecule is Cn1ccc(NC(=O)c2cccc([N+](=O)[O-])c2Br)n1. The number of nitro benzene ring substituents is 1. The number of hydrogen-bond donors (Lipinski definition) is 1. The Labute approximate surface area is 116 Å². The third-order valence-electron chi connectivity index (χ3n) is 2.37. The maximum absolute atomic E-state index is 12.0. The fourth-order valence-corrected chi connectivity index (χ4v) is 2.09. The van der Waals surface area contributed by atoms with Crippen molar-refractivity contribution in [2.24, 2.45) is 7.05 Å². The lowest BCUT2D eigenvalue weighted by Crippen LogP contribution is -2.13. The van der Waals surface area contributed by atoms with Gasteiger partial charge < -0.3 is 5.32 Å².